The largest absolute Gasteiger partial charge is 0.335 e. The normalized spacial score (nSPS) is 32.9. The van der Waals surface area contributed by atoms with Crippen LogP contribution in [0.3, 0.4) is 0 Å². The molecule has 3 atom stereocenters. The number of carbonyl (C=O) groups is 1. The molecule has 3 saturated carbocycles. The zero-order valence-corrected chi connectivity index (χ0v) is 13.6. The van der Waals surface area contributed by atoms with Gasteiger partial charge in [0.15, 0.2) is 0 Å². The fourth-order valence-corrected chi connectivity index (χ4v) is 4.73. The molecule has 0 radical (unpaired) electrons. The van der Waals surface area contributed by atoms with Gasteiger partial charge in [-0.3, -0.25) is 0 Å². The first-order chi connectivity index (χ1) is 10.5. The third-order valence-corrected chi connectivity index (χ3v) is 5.74. The SMILES string of the molecule is CC1(C)CC2(CC2NC(=O)NC2CC2Cc2ccccc2)C1. The van der Waals surface area contributed by atoms with Crippen molar-refractivity contribution in [3.8, 4) is 0 Å². The number of amides is 2. The van der Waals surface area contributed by atoms with E-state index in [1.165, 1.54) is 24.8 Å². The van der Waals surface area contributed by atoms with Crippen LogP contribution in [-0.2, 0) is 6.42 Å². The van der Waals surface area contributed by atoms with Gasteiger partial charge in [-0.2, -0.15) is 0 Å². The number of carbonyl (C=O) groups excluding carboxylic acids is 1. The van der Waals surface area contributed by atoms with E-state index in [-0.39, 0.29) is 6.03 Å². The van der Waals surface area contributed by atoms with Gasteiger partial charge in [-0.15, -0.1) is 0 Å². The van der Waals surface area contributed by atoms with Crippen molar-refractivity contribution >= 4 is 6.03 Å². The monoisotopic (exact) mass is 298 g/mol. The Kier molecular flexibility index (Phi) is 3.04. The molecule has 2 N–H and O–H groups in total. The highest BCUT2D eigenvalue weighted by Crippen LogP contribution is 2.68. The van der Waals surface area contributed by atoms with Crippen LogP contribution in [0, 0.1) is 16.7 Å². The van der Waals surface area contributed by atoms with Crippen LogP contribution in [0.25, 0.3) is 0 Å². The average Bonchev–Trinajstić information content (AvgIpc) is 3.29. The smallest absolute Gasteiger partial charge is 0.315 e. The minimum absolute atomic E-state index is 0.0483. The van der Waals surface area contributed by atoms with E-state index in [1.807, 2.05) is 6.07 Å². The van der Waals surface area contributed by atoms with Gasteiger partial charge in [0.1, 0.15) is 0 Å². The first kappa shape index (κ1) is 14.1. The van der Waals surface area contributed by atoms with Gasteiger partial charge in [-0.1, -0.05) is 44.2 Å². The fraction of sp³-hybridized carbons (Fsp3) is 0.632. The van der Waals surface area contributed by atoms with Crippen LogP contribution < -0.4 is 10.6 Å². The van der Waals surface area contributed by atoms with E-state index in [0.717, 1.165) is 12.8 Å². The average molecular weight is 298 g/mol. The predicted molar refractivity (Wildman–Crippen MR) is 87.6 cm³/mol. The molecule has 3 fully saturated rings. The van der Waals surface area contributed by atoms with Crippen molar-refractivity contribution in [3.05, 3.63) is 35.9 Å². The summed E-state index contributed by atoms with van der Waals surface area (Å²) in [4.78, 5) is 12.1. The van der Waals surface area contributed by atoms with E-state index in [1.54, 1.807) is 0 Å². The van der Waals surface area contributed by atoms with Crippen LogP contribution >= 0.6 is 0 Å². The van der Waals surface area contributed by atoms with Gasteiger partial charge in [0, 0.05) is 12.1 Å². The van der Waals surface area contributed by atoms with Crippen LogP contribution in [0.4, 0.5) is 4.79 Å². The van der Waals surface area contributed by atoms with Crippen LogP contribution in [0.5, 0.6) is 0 Å². The Morgan fingerprint density at radius 2 is 1.91 bits per heavy atom. The van der Waals surface area contributed by atoms with Gasteiger partial charge in [-0.05, 0) is 54.4 Å². The minimum Gasteiger partial charge on any atom is -0.335 e. The lowest BCUT2D eigenvalue weighted by atomic mass is 9.61. The fourth-order valence-electron chi connectivity index (χ4n) is 4.73. The molecule has 1 aromatic rings. The second-order valence-corrected chi connectivity index (χ2v) is 8.55. The summed E-state index contributed by atoms with van der Waals surface area (Å²) in [5.41, 5.74) is 2.31. The summed E-state index contributed by atoms with van der Waals surface area (Å²) >= 11 is 0. The molecule has 1 spiro atoms. The van der Waals surface area contributed by atoms with Crippen LogP contribution in [0.15, 0.2) is 30.3 Å². The molecule has 3 heteroatoms. The van der Waals surface area contributed by atoms with Crippen LogP contribution in [-0.4, -0.2) is 18.1 Å². The summed E-state index contributed by atoms with van der Waals surface area (Å²) in [6.07, 6.45) is 5.91. The number of hydrogen-bond donors (Lipinski definition) is 2. The quantitative estimate of drug-likeness (QED) is 0.877. The van der Waals surface area contributed by atoms with E-state index in [9.17, 15) is 4.79 Å². The van der Waals surface area contributed by atoms with Crippen molar-refractivity contribution in [1.29, 1.82) is 0 Å². The topological polar surface area (TPSA) is 41.1 Å². The maximum absolute atomic E-state index is 12.1. The molecule has 3 aliphatic rings. The third-order valence-electron chi connectivity index (χ3n) is 5.74. The number of rotatable bonds is 4. The van der Waals surface area contributed by atoms with Crippen LogP contribution in [0.1, 0.15) is 45.1 Å². The van der Waals surface area contributed by atoms with Crippen molar-refractivity contribution in [2.45, 2.75) is 58.0 Å². The molecule has 4 rings (SSSR count). The van der Waals surface area contributed by atoms with Crippen LogP contribution in [0.2, 0.25) is 0 Å². The highest BCUT2D eigenvalue weighted by molar-refractivity contribution is 5.75. The van der Waals surface area contributed by atoms with E-state index in [2.05, 4.69) is 48.7 Å². The van der Waals surface area contributed by atoms with Crippen molar-refractivity contribution in [3.63, 3.8) is 0 Å². The minimum atomic E-state index is 0.0483. The lowest BCUT2D eigenvalue weighted by molar-refractivity contribution is 0.0678. The van der Waals surface area contributed by atoms with Gasteiger partial charge in [0.05, 0.1) is 0 Å². The molecular weight excluding hydrogens is 272 g/mol. The first-order valence-electron chi connectivity index (χ1n) is 8.57. The molecule has 0 heterocycles. The summed E-state index contributed by atoms with van der Waals surface area (Å²) in [7, 11) is 0. The molecule has 2 amide bonds. The predicted octanol–water partition coefficient (Wildman–Crippen LogP) is 3.50. The van der Waals surface area contributed by atoms with E-state index in [4.69, 9.17) is 0 Å². The van der Waals surface area contributed by atoms with E-state index < -0.39 is 0 Å². The van der Waals surface area contributed by atoms with Gasteiger partial charge in [0.25, 0.3) is 0 Å². The van der Waals surface area contributed by atoms with Crippen molar-refractivity contribution in [2.24, 2.45) is 16.7 Å². The highest BCUT2D eigenvalue weighted by Gasteiger charge is 2.64. The lowest BCUT2D eigenvalue weighted by Crippen LogP contribution is -2.44. The number of urea groups is 1. The maximum Gasteiger partial charge on any atom is 0.315 e. The first-order valence-corrected chi connectivity index (χ1v) is 8.57. The molecule has 1 aromatic carbocycles. The number of nitrogens with one attached hydrogen (secondary N) is 2. The van der Waals surface area contributed by atoms with E-state index in [0.29, 0.717) is 28.8 Å². The third kappa shape index (κ3) is 2.73. The molecule has 3 nitrogen and oxygen atoms in total. The lowest BCUT2D eigenvalue weighted by Gasteiger charge is -2.44. The van der Waals surface area contributed by atoms with Crippen molar-refractivity contribution in [2.75, 3.05) is 0 Å². The van der Waals surface area contributed by atoms with Gasteiger partial charge < -0.3 is 10.6 Å². The molecule has 0 bridgehead atoms. The molecule has 22 heavy (non-hydrogen) atoms. The Hall–Kier alpha value is -1.51. The summed E-state index contributed by atoms with van der Waals surface area (Å²) in [6.45, 7) is 4.65. The van der Waals surface area contributed by atoms with E-state index >= 15 is 0 Å². The molecule has 0 saturated heterocycles. The molecule has 3 unspecified atom stereocenters. The molecular formula is C19H26N2O. The Balaban J connectivity index is 1.19. The highest BCUT2D eigenvalue weighted by atomic mass is 16.2. The van der Waals surface area contributed by atoms with Crippen molar-refractivity contribution in [1.82, 2.24) is 10.6 Å². The summed E-state index contributed by atoms with van der Waals surface area (Å²) < 4.78 is 0. The molecule has 0 aliphatic heterocycles. The molecule has 0 aromatic heterocycles. The Labute approximate surface area is 132 Å². The van der Waals surface area contributed by atoms with Gasteiger partial charge in [-0.25, -0.2) is 4.79 Å². The molecule has 3 aliphatic carbocycles. The maximum atomic E-state index is 12.1. The summed E-state index contributed by atoms with van der Waals surface area (Å²) in [5, 5.41) is 6.34. The number of hydrogen-bond acceptors (Lipinski definition) is 1. The van der Waals surface area contributed by atoms with Gasteiger partial charge >= 0.3 is 6.03 Å². The summed E-state index contributed by atoms with van der Waals surface area (Å²) in [5.74, 6) is 0.615. The Morgan fingerprint density at radius 3 is 2.59 bits per heavy atom. The number of benzene rings is 1. The Bertz CT molecular complexity index is 572. The standard InChI is InChI=1S/C19H26N2O/c1-18(2)11-19(12-18)10-16(19)21-17(22)20-15-9-14(15)8-13-6-4-3-5-7-13/h3-7,14-16H,8-12H2,1-2H3,(H2,20,21,22). The second kappa shape index (κ2) is 4.74. The summed E-state index contributed by atoms with van der Waals surface area (Å²) in [6, 6.07) is 11.4. The zero-order chi connectivity index (χ0) is 15.4. The molecule has 118 valence electrons. The zero-order valence-electron chi connectivity index (χ0n) is 13.6. The Morgan fingerprint density at radius 1 is 1.18 bits per heavy atom. The van der Waals surface area contributed by atoms with Crippen molar-refractivity contribution < 1.29 is 4.79 Å². The van der Waals surface area contributed by atoms with Gasteiger partial charge in [0.2, 0.25) is 0 Å². The second-order valence-electron chi connectivity index (χ2n) is 8.55.